The second-order valence-electron chi connectivity index (χ2n) is 8.29. The normalized spacial score (nSPS) is 16.4. The fourth-order valence-electron chi connectivity index (χ4n) is 3.95. The molecule has 7 heteroatoms. The lowest BCUT2D eigenvalue weighted by atomic mass is 10.0. The zero-order valence-electron chi connectivity index (χ0n) is 17.5. The standard InChI is InChI=1S/C23H27FN2O3S/c1-16(2)21-6-5-20(15-23(21)29-19-9-11-25(3)12-10-19)30(27,28)26-13-8-17-14-18(24)4-7-22(17)26/h4-8,13-16,19H,9-12H2,1-3H3. The lowest BCUT2D eigenvalue weighted by Crippen LogP contribution is -2.35. The van der Waals surface area contributed by atoms with E-state index in [1.54, 1.807) is 18.2 Å². The monoisotopic (exact) mass is 430 g/mol. The van der Waals surface area contributed by atoms with Crippen LogP contribution in [0.2, 0.25) is 0 Å². The highest BCUT2D eigenvalue weighted by atomic mass is 32.2. The van der Waals surface area contributed by atoms with Crippen LogP contribution in [0, 0.1) is 5.82 Å². The van der Waals surface area contributed by atoms with Crippen LogP contribution in [0.3, 0.4) is 0 Å². The predicted octanol–water partition coefficient (Wildman–Crippen LogP) is 4.61. The molecular formula is C23H27FN2O3S. The third-order valence-corrected chi connectivity index (χ3v) is 7.43. The topological polar surface area (TPSA) is 51.5 Å². The van der Waals surface area contributed by atoms with Crippen LogP contribution < -0.4 is 4.74 Å². The molecule has 0 bridgehead atoms. The van der Waals surface area contributed by atoms with E-state index in [0.29, 0.717) is 16.7 Å². The van der Waals surface area contributed by atoms with Gasteiger partial charge in [-0.2, -0.15) is 0 Å². The second-order valence-corrected chi connectivity index (χ2v) is 10.1. The molecule has 0 N–H and O–H groups in total. The molecule has 1 saturated heterocycles. The average Bonchev–Trinajstić information content (AvgIpc) is 3.13. The summed E-state index contributed by atoms with van der Waals surface area (Å²) in [6.45, 7) is 6.06. The van der Waals surface area contributed by atoms with Crippen molar-refractivity contribution in [2.45, 2.75) is 43.6 Å². The zero-order valence-corrected chi connectivity index (χ0v) is 18.3. The lowest BCUT2D eigenvalue weighted by molar-refractivity contribution is 0.113. The Kier molecular flexibility index (Phi) is 5.59. The van der Waals surface area contributed by atoms with Crippen molar-refractivity contribution in [3.63, 3.8) is 0 Å². The predicted molar refractivity (Wildman–Crippen MR) is 116 cm³/mol. The van der Waals surface area contributed by atoms with Crippen molar-refractivity contribution in [2.75, 3.05) is 20.1 Å². The second kappa shape index (κ2) is 8.04. The summed E-state index contributed by atoms with van der Waals surface area (Å²) in [5.41, 5.74) is 1.44. The van der Waals surface area contributed by atoms with Gasteiger partial charge < -0.3 is 9.64 Å². The molecule has 2 heterocycles. The summed E-state index contributed by atoms with van der Waals surface area (Å²) in [5.74, 6) is 0.439. The number of benzene rings is 2. The molecule has 1 fully saturated rings. The molecule has 3 aromatic rings. The van der Waals surface area contributed by atoms with Gasteiger partial charge >= 0.3 is 0 Å². The van der Waals surface area contributed by atoms with Crippen LogP contribution in [-0.4, -0.2) is 43.5 Å². The van der Waals surface area contributed by atoms with E-state index in [4.69, 9.17) is 4.74 Å². The molecule has 30 heavy (non-hydrogen) atoms. The van der Waals surface area contributed by atoms with Crippen LogP contribution in [0.4, 0.5) is 4.39 Å². The summed E-state index contributed by atoms with van der Waals surface area (Å²) in [4.78, 5) is 2.43. The molecular weight excluding hydrogens is 403 g/mol. The van der Waals surface area contributed by atoms with Gasteiger partial charge in [0.25, 0.3) is 10.0 Å². The first-order valence-electron chi connectivity index (χ1n) is 10.3. The molecule has 1 aliphatic heterocycles. The molecule has 2 aromatic carbocycles. The molecule has 1 aliphatic rings. The van der Waals surface area contributed by atoms with Crippen LogP contribution in [-0.2, 0) is 10.0 Å². The van der Waals surface area contributed by atoms with Crippen molar-refractivity contribution < 1.29 is 17.5 Å². The van der Waals surface area contributed by atoms with Crippen LogP contribution in [0.25, 0.3) is 10.9 Å². The Hall–Kier alpha value is -2.38. The first-order valence-corrected chi connectivity index (χ1v) is 11.7. The van der Waals surface area contributed by atoms with Crippen molar-refractivity contribution in [1.82, 2.24) is 8.87 Å². The van der Waals surface area contributed by atoms with E-state index < -0.39 is 15.8 Å². The number of halogens is 1. The molecule has 1 aromatic heterocycles. The Labute approximate surface area is 177 Å². The van der Waals surface area contributed by atoms with Gasteiger partial charge in [-0.05, 0) is 61.7 Å². The van der Waals surface area contributed by atoms with E-state index in [1.165, 1.54) is 28.4 Å². The molecule has 0 unspecified atom stereocenters. The summed E-state index contributed by atoms with van der Waals surface area (Å²) in [6, 6.07) is 10.8. The van der Waals surface area contributed by atoms with E-state index >= 15 is 0 Å². The van der Waals surface area contributed by atoms with Crippen molar-refractivity contribution in [1.29, 1.82) is 0 Å². The van der Waals surface area contributed by atoms with Gasteiger partial charge in [-0.3, -0.25) is 0 Å². The summed E-state index contributed by atoms with van der Waals surface area (Å²) in [5, 5.41) is 0.542. The SMILES string of the molecule is CC(C)c1ccc(S(=O)(=O)n2ccc3cc(F)ccc32)cc1OC1CCN(C)CC1. The first-order chi connectivity index (χ1) is 14.3. The molecule has 0 radical (unpaired) electrons. The van der Waals surface area contributed by atoms with Crippen molar-refractivity contribution >= 4 is 20.9 Å². The fourth-order valence-corrected chi connectivity index (χ4v) is 5.32. The highest BCUT2D eigenvalue weighted by Crippen LogP contribution is 2.33. The minimum absolute atomic E-state index is 0.0760. The van der Waals surface area contributed by atoms with Gasteiger partial charge in [-0.1, -0.05) is 19.9 Å². The van der Waals surface area contributed by atoms with E-state index in [9.17, 15) is 12.8 Å². The Morgan fingerprint density at radius 2 is 1.80 bits per heavy atom. The first kappa shape index (κ1) is 20.9. The summed E-state index contributed by atoms with van der Waals surface area (Å²) in [6.07, 6.45) is 3.37. The summed E-state index contributed by atoms with van der Waals surface area (Å²) in [7, 11) is -1.75. The molecule has 0 aliphatic carbocycles. The van der Waals surface area contributed by atoms with Crippen molar-refractivity contribution in [3.8, 4) is 5.75 Å². The van der Waals surface area contributed by atoms with Gasteiger partial charge in [0.1, 0.15) is 17.7 Å². The highest BCUT2D eigenvalue weighted by molar-refractivity contribution is 7.90. The number of aromatic nitrogens is 1. The van der Waals surface area contributed by atoms with Gasteiger partial charge in [-0.25, -0.2) is 16.8 Å². The maximum absolute atomic E-state index is 13.5. The van der Waals surface area contributed by atoms with Crippen molar-refractivity contribution in [2.24, 2.45) is 0 Å². The minimum atomic E-state index is -3.84. The number of likely N-dealkylation sites (tertiary alicyclic amines) is 1. The van der Waals surface area contributed by atoms with E-state index in [-0.39, 0.29) is 16.9 Å². The largest absolute Gasteiger partial charge is 0.490 e. The maximum atomic E-state index is 13.5. The third kappa shape index (κ3) is 3.96. The van der Waals surface area contributed by atoms with Crippen LogP contribution in [0.5, 0.6) is 5.75 Å². The number of piperidine rings is 1. The fraction of sp³-hybridized carbons (Fsp3) is 0.391. The Morgan fingerprint density at radius 3 is 2.50 bits per heavy atom. The molecule has 0 saturated carbocycles. The third-order valence-electron chi connectivity index (χ3n) is 5.74. The zero-order chi connectivity index (χ0) is 21.5. The Morgan fingerprint density at radius 1 is 1.07 bits per heavy atom. The smallest absolute Gasteiger partial charge is 0.268 e. The number of rotatable bonds is 5. The highest BCUT2D eigenvalue weighted by Gasteiger charge is 2.24. The van der Waals surface area contributed by atoms with Crippen LogP contribution in [0.1, 0.15) is 38.2 Å². The van der Waals surface area contributed by atoms with Crippen molar-refractivity contribution in [3.05, 3.63) is 60.0 Å². The minimum Gasteiger partial charge on any atom is -0.490 e. The lowest BCUT2D eigenvalue weighted by Gasteiger charge is -2.30. The van der Waals surface area contributed by atoms with Gasteiger partial charge in [-0.15, -0.1) is 0 Å². The van der Waals surface area contributed by atoms with Gasteiger partial charge in [0.2, 0.25) is 0 Å². The van der Waals surface area contributed by atoms with E-state index in [0.717, 1.165) is 31.5 Å². The number of hydrogen-bond acceptors (Lipinski definition) is 4. The molecule has 5 nitrogen and oxygen atoms in total. The summed E-state index contributed by atoms with van der Waals surface area (Å²) >= 11 is 0. The molecule has 0 atom stereocenters. The van der Waals surface area contributed by atoms with Crippen LogP contribution in [0.15, 0.2) is 53.6 Å². The molecule has 0 amide bonds. The number of ether oxygens (including phenoxy) is 1. The summed E-state index contributed by atoms with van der Waals surface area (Å²) < 4.78 is 47.7. The van der Waals surface area contributed by atoms with Gasteiger partial charge in [0.15, 0.2) is 0 Å². The van der Waals surface area contributed by atoms with E-state index in [2.05, 4.69) is 25.8 Å². The quantitative estimate of drug-likeness (QED) is 0.593. The van der Waals surface area contributed by atoms with Gasteiger partial charge in [0.05, 0.1) is 10.4 Å². The Bertz CT molecular complexity index is 1160. The molecule has 4 rings (SSSR count). The number of fused-ring (bicyclic) bond motifs is 1. The Balaban J connectivity index is 1.72. The molecule has 160 valence electrons. The van der Waals surface area contributed by atoms with Gasteiger partial charge in [0, 0.05) is 30.7 Å². The number of hydrogen-bond donors (Lipinski definition) is 0. The maximum Gasteiger partial charge on any atom is 0.268 e. The van der Waals surface area contributed by atoms with Crippen LogP contribution >= 0.6 is 0 Å². The number of nitrogens with zero attached hydrogens (tertiary/aromatic N) is 2. The molecule has 0 spiro atoms. The van der Waals surface area contributed by atoms with E-state index in [1.807, 2.05) is 6.07 Å². The average molecular weight is 431 g/mol.